The monoisotopic (exact) mass is 851 g/mol. The molecule has 5 aromatic rings. The molecule has 312 valence electrons. The Kier molecular flexibility index (Phi) is 14.8. The predicted octanol–water partition coefficient (Wildman–Crippen LogP) is 3.02. The highest BCUT2D eigenvalue weighted by Crippen LogP contribution is 2.21. The number of carbonyl (C=O) groups excluding carboxylic acids is 5. The molecule has 7 rings (SSSR count). The maximum atomic E-state index is 14.5. The van der Waals surface area contributed by atoms with Crippen molar-refractivity contribution in [2.45, 2.75) is 49.9 Å². The van der Waals surface area contributed by atoms with Crippen LogP contribution in [0, 0.1) is 0 Å². The third kappa shape index (κ3) is 13.1. The molecule has 2 aliphatic rings. The van der Waals surface area contributed by atoms with E-state index in [1.54, 1.807) is 54.6 Å². The summed E-state index contributed by atoms with van der Waals surface area (Å²) < 4.78 is 37.7. The second-order valence-electron chi connectivity index (χ2n) is 14.3. The van der Waals surface area contributed by atoms with E-state index in [4.69, 9.17) is 4.74 Å². The van der Waals surface area contributed by atoms with Crippen molar-refractivity contribution in [3.05, 3.63) is 148 Å². The first kappa shape index (κ1) is 43.2. The number of ether oxygens (including phenoxy) is 1. The number of rotatable bonds is 11. The highest BCUT2D eigenvalue weighted by molar-refractivity contribution is 7.85. The van der Waals surface area contributed by atoms with Gasteiger partial charge in [-0.15, -0.1) is 11.3 Å². The van der Waals surface area contributed by atoms with Crippen molar-refractivity contribution in [2.75, 3.05) is 18.9 Å². The molecule has 2 aliphatic heterocycles. The number of benzene rings is 4. The van der Waals surface area contributed by atoms with E-state index in [9.17, 15) is 36.9 Å². The largest absolute Gasteiger partial charge is 0.484 e. The molecule has 6 N–H and O–H groups in total. The number of amides is 5. The Hall–Kier alpha value is -6.36. The molecule has 1 aromatic heterocycles. The van der Waals surface area contributed by atoms with Gasteiger partial charge in [0, 0.05) is 37.1 Å². The molecule has 0 saturated heterocycles. The fraction of sp³-hybridized carbons (Fsp3) is 0.250. The van der Waals surface area contributed by atoms with Crippen LogP contribution in [0.3, 0.4) is 0 Å². The lowest BCUT2D eigenvalue weighted by molar-refractivity contribution is -0.134. The van der Waals surface area contributed by atoms with Gasteiger partial charge in [0.05, 0.1) is 5.75 Å². The molecule has 0 spiro atoms. The van der Waals surface area contributed by atoms with Gasteiger partial charge in [0.2, 0.25) is 23.6 Å². The van der Waals surface area contributed by atoms with Crippen LogP contribution >= 0.6 is 11.3 Å². The zero-order valence-corrected chi connectivity index (χ0v) is 34.0. The normalized spacial score (nSPS) is 19.3. The first-order chi connectivity index (χ1) is 28.9. The molecule has 4 atom stereocenters. The number of thiophene rings is 1. The average molecular weight is 852 g/mol. The number of carbonyl (C=O) groups is 5. The Bertz CT molecular complexity index is 2340. The number of hydrogen-bond acceptors (Lipinski definition) is 9. The maximum absolute atomic E-state index is 14.5. The Morgan fingerprint density at radius 1 is 0.667 bits per heavy atom. The summed E-state index contributed by atoms with van der Waals surface area (Å²) in [5.74, 6) is -3.79. The van der Waals surface area contributed by atoms with Gasteiger partial charge in [0.25, 0.3) is 16.0 Å². The standard InChI is InChI=1S/C44H45N5O9S2/c50-40-28-58-34-19-15-31(16-20-34)25-36(41(51)45-21-23-60(55,56)57)47-42(52)37(24-29-8-3-1-4-9-29)48-43(53)38(49-44(54)39(46-40)27-35-12-7-22-59-35)26-30-13-17-33(18-14-30)32-10-5-2-6-11-32/h1-20,22,36-39H,21,23-28H2,(H,45,51)(H,46,50)(H,47,52)(H,48,53)(H,49,54)(H,55,56,57)/t36-,37?,38-,39-/m0/s1. The van der Waals surface area contributed by atoms with E-state index in [2.05, 4.69) is 26.6 Å². The van der Waals surface area contributed by atoms with Crippen LogP contribution in [0.15, 0.2) is 127 Å². The highest BCUT2D eigenvalue weighted by atomic mass is 32.2. The van der Waals surface area contributed by atoms with Crippen LogP contribution < -0.4 is 31.3 Å². The van der Waals surface area contributed by atoms with E-state index in [-0.39, 0.29) is 25.7 Å². The Balaban J connectivity index is 1.34. The van der Waals surface area contributed by atoms with Gasteiger partial charge in [0.1, 0.15) is 29.9 Å². The molecule has 0 aliphatic carbocycles. The molecular weight excluding hydrogens is 807 g/mol. The maximum Gasteiger partial charge on any atom is 0.266 e. The topological polar surface area (TPSA) is 209 Å². The summed E-state index contributed by atoms with van der Waals surface area (Å²) in [7, 11) is -4.39. The van der Waals surface area contributed by atoms with Crippen molar-refractivity contribution in [2.24, 2.45) is 0 Å². The van der Waals surface area contributed by atoms with Gasteiger partial charge in [-0.1, -0.05) is 103 Å². The minimum Gasteiger partial charge on any atom is -0.484 e. The van der Waals surface area contributed by atoms with E-state index in [0.717, 1.165) is 16.0 Å². The number of nitrogens with one attached hydrogen (secondary N) is 5. The van der Waals surface area contributed by atoms with Crippen LogP contribution in [0.25, 0.3) is 11.1 Å². The molecular formula is C44H45N5O9S2. The minimum atomic E-state index is -4.39. The second kappa shape index (κ2) is 20.6. The SMILES string of the molecule is O=C1COc2ccc(cc2)C[C@@H](C(=O)NCCS(=O)(=O)O)NC(=O)C(Cc2ccccc2)NC(=O)[C@H](Cc2ccc(-c3ccccc3)cc2)NC(=O)[C@H](Cc2cccs2)N1. The van der Waals surface area contributed by atoms with Crippen LogP contribution in [0.4, 0.5) is 0 Å². The lowest BCUT2D eigenvalue weighted by Gasteiger charge is -2.27. The van der Waals surface area contributed by atoms with Gasteiger partial charge in [0.15, 0.2) is 6.61 Å². The molecule has 14 nitrogen and oxygen atoms in total. The molecule has 5 amide bonds. The zero-order chi connectivity index (χ0) is 42.5. The van der Waals surface area contributed by atoms with Crippen LogP contribution in [-0.4, -0.2) is 85.6 Å². The van der Waals surface area contributed by atoms with E-state index < -0.39 is 82.7 Å². The summed E-state index contributed by atoms with van der Waals surface area (Å²) in [6.07, 6.45) is 0.0992. The first-order valence-electron chi connectivity index (χ1n) is 19.2. The van der Waals surface area contributed by atoms with Gasteiger partial charge in [-0.05, 0) is 51.4 Å². The van der Waals surface area contributed by atoms with Crippen molar-refractivity contribution in [3.63, 3.8) is 0 Å². The average Bonchev–Trinajstić information content (AvgIpc) is 3.76. The molecule has 2 bridgehead atoms. The van der Waals surface area contributed by atoms with Crippen molar-refractivity contribution in [3.8, 4) is 16.9 Å². The molecule has 3 heterocycles. The Labute approximate surface area is 351 Å². The second-order valence-corrected chi connectivity index (χ2v) is 16.9. The van der Waals surface area contributed by atoms with Crippen LogP contribution in [0.5, 0.6) is 5.75 Å². The van der Waals surface area contributed by atoms with Crippen LogP contribution in [0.1, 0.15) is 21.6 Å². The van der Waals surface area contributed by atoms with Gasteiger partial charge < -0.3 is 31.3 Å². The molecule has 0 radical (unpaired) electrons. The molecule has 0 saturated carbocycles. The number of hydrogen-bond donors (Lipinski definition) is 6. The third-order valence-corrected chi connectivity index (χ3v) is 11.3. The Morgan fingerprint density at radius 3 is 1.83 bits per heavy atom. The molecule has 60 heavy (non-hydrogen) atoms. The van der Waals surface area contributed by atoms with Gasteiger partial charge in [-0.3, -0.25) is 28.5 Å². The van der Waals surface area contributed by atoms with Gasteiger partial charge >= 0.3 is 0 Å². The lowest BCUT2D eigenvalue weighted by atomic mass is 9.99. The fourth-order valence-electron chi connectivity index (χ4n) is 6.60. The molecule has 16 heteroatoms. The van der Waals surface area contributed by atoms with Crippen molar-refractivity contribution < 1.29 is 41.7 Å². The smallest absolute Gasteiger partial charge is 0.266 e. The summed E-state index contributed by atoms with van der Waals surface area (Å²) in [6.45, 7) is -0.856. The zero-order valence-electron chi connectivity index (χ0n) is 32.4. The summed E-state index contributed by atoms with van der Waals surface area (Å²) in [6, 6.07) is 31.4. The predicted molar refractivity (Wildman–Crippen MR) is 227 cm³/mol. The van der Waals surface area contributed by atoms with E-state index >= 15 is 0 Å². The highest BCUT2D eigenvalue weighted by Gasteiger charge is 2.32. The summed E-state index contributed by atoms with van der Waals surface area (Å²) in [5.41, 5.74) is 3.91. The van der Waals surface area contributed by atoms with Crippen LogP contribution in [0.2, 0.25) is 0 Å². The van der Waals surface area contributed by atoms with Crippen molar-refractivity contribution >= 4 is 51.0 Å². The quantitative estimate of drug-likeness (QED) is 0.0852. The molecule has 0 fully saturated rings. The first-order valence-corrected chi connectivity index (χ1v) is 21.7. The third-order valence-electron chi connectivity index (χ3n) is 9.71. The van der Waals surface area contributed by atoms with Crippen LogP contribution in [-0.2, 0) is 59.8 Å². The summed E-state index contributed by atoms with van der Waals surface area (Å²) in [4.78, 5) is 70.6. The fourth-order valence-corrected chi connectivity index (χ4v) is 7.71. The lowest BCUT2D eigenvalue weighted by Crippen LogP contribution is -2.59. The summed E-state index contributed by atoms with van der Waals surface area (Å²) >= 11 is 1.41. The number of fused-ring (bicyclic) bond motifs is 16. The van der Waals surface area contributed by atoms with E-state index in [1.165, 1.54) is 11.3 Å². The van der Waals surface area contributed by atoms with Gasteiger partial charge in [-0.25, -0.2) is 0 Å². The van der Waals surface area contributed by atoms with Crippen molar-refractivity contribution in [1.29, 1.82) is 0 Å². The Morgan fingerprint density at radius 2 is 1.23 bits per heavy atom. The molecule has 4 aromatic carbocycles. The van der Waals surface area contributed by atoms with Gasteiger partial charge in [-0.2, -0.15) is 8.42 Å². The summed E-state index contributed by atoms with van der Waals surface area (Å²) in [5, 5.41) is 15.5. The van der Waals surface area contributed by atoms with E-state index in [1.807, 2.05) is 72.1 Å². The van der Waals surface area contributed by atoms with Crippen molar-refractivity contribution in [1.82, 2.24) is 26.6 Å². The van der Waals surface area contributed by atoms with E-state index in [0.29, 0.717) is 22.4 Å². The minimum absolute atomic E-state index is 0.00500. The molecule has 1 unspecified atom stereocenters.